The molecule has 0 aliphatic rings. The maximum absolute atomic E-state index is 11.5. The molecule has 1 aromatic rings. The number of benzene rings is 1. The van der Waals surface area contributed by atoms with E-state index in [4.69, 9.17) is 5.11 Å². The predicted octanol–water partition coefficient (Wildman–Crippen LogP) is 1.90. The van der Waals surface area contributed by atoms with Crippen LogP contribution in [-0.4, -0.2) is 28.5 Å². The molecule has 2 N–H and O–H groups in total. The average Bonchev–Trinajstić information content (AvgIpc) is 2.44. The number of amides is 1. The zero-order valence-corrected chi connectivity index (χ0v) is 11.6. The van der Waals surface area contributed by atoms with Crippen molar-refractivity contribution in [2.45, 2.75) is 32.1 Å². The lowest BCUT2D eigenvalue weighted by molar-refractivity contribution is -0.385. The van der Waals surface area contributed by atoms with E-state index in [1.165, 1.54) is 6.07 Å². The first-order valence-electron chi connectivity index (χ1n) is 6.71. The number of nitro groups is 1. The van der Waals surface area contributed by atoms with E-state index in [-0.39, 0.29) is 24.4 Å². The molecule has 7 heteroatoms. The monoisotopic (exact) mass is 294 g/mol. The molecule has 0 unspecified atom stereocenters. The fraction of sp³-hybridized carbons (Fsp3) is 0.429. The van der Waals surface area contributed by atoms with Crippen molar-refractivity contribution < 1.29 is 19.6 Å². The summed E-state index contributed by atoms with van der Waals surface area (Å²) < 4.78 is 0. The summed E-state index contributed by atoms with van der Waals surface area (Å²) >= 11 is 0. The smallest absolute Gasteiger partial charge is 0.303 e. The second-order valence-corrected chi connectivity index (χ2v) is 4.59. The second-order valence-electron chi connectivity index (χ2n) is 4.59. The minimum absolute atomic E-state index is 0.0493. The molecule has 0 aromatic heterocycles. The van der Waals surface area contributed by atoms with E-state index < -0.39 is 10.9 Å². The number of hydrogen-bond donors (Lipinski definition) is 2. The van der Waals surface area contributed by atoms with Gasteiger partial charge in [-0.25, -0.2) is 0 Å². The van der Waals surface area contributed by atoms with Crippen LogP contribution < -0.4 is 5.32 Å². The summed E-state index contributed by atoms with van der Waals surface area (Å²) in [4.78, 5) is 32.2. The number of nitrogens with one attached hydrogen (secondary N) is 1. The van der Waals surface area contributed by atoms with E-state index in [0.29, 0.717) is 31.4 Å². The third-order valence-electron chi connectivity index (χ3n) is 2.95. The molecule has 21 heavy (non-hydrogen) atoms. The molecule has 1 rings (SSSR count). The Hall–Kier alpha value is -2.44. The highest BCUT2D eigenvalue weighted by molar-refractivity contribution is 5.75. The Morgan fingerprint density at radius 1 is 1.19 bits per heavy atom. The number of nitro benzene ring substituents is 1. The molecule has 7 nitrogen and oxygen atoms in total. The van der Waals surface area contributed by atoms with Gasteiger partial charge >= 0.3 is 5.97 Å². The zero-order valence-electron chi connectivity index (χ0n) is 11.6. The van der Waals surface area contributed by atoms with Crippen molar-refractivity contribution in [3.8, 4) is 0 Å². The molecule has 0 heterocycles. The van der Waals surface area contributed by atoms with Gasteiger partial charge in [-0.05, 0) is 19.3 Å². The van der Waals surface area contributed by atoms with Crippen LogP contribution in [0.4, 0.5) is 5.69 Å². The molecule has 0 fully saturated rings. The standard InChI is InChI=1S/C14H18N2O5/c17-13(7-3-4-8-14(18)19)15-10-9-11-5-1-2-6-12(11)16(20)21/h1-2,5-6H,3-4,7-10H2,(H,15,17)(H,18,19). The van der Waals surface area contributed by atoms with Crippen molar-refractivity contribution in [3.63, 3.8) is 0 Å². The lowest BCUT2D eigenvalue weighted by Crippen LogP contribution is -2.25. The molecule has 0 radical (unpaired) electrons. The number of carboxylic acids is 1. The van der Waals surface area contributed by atoms with E-state index >= 15 is 0 Å². The SMILES string of the molecule is O=C(O)CCCCC(=O)NCCc1ccccc1[N+](=O)[O-]. The lowest BCUT2D eigenvalue weighted by Gasteiger charge is -2.05. The number of carbonyl (C=O) groups excluding carboxylic acids is 1. The predicted molar refractivity (Wildman–Crippen MR) is 75.9 cm³/mol. The molecule has 0 aliphatic carbocycles. The normalized spacial score (nSPS) is 10.1. The van der Waals surface area contributed by atoms with Crippen molar-refractivity contribution in [1.82, 2.24) is 5.32 Å². The number of nitrogens with zero attached hydrogens (tertiary/aromatic N) is 1. The van der Waals surface area contributed by atoms with Crippen LogP contribution >= 0.6 is 0 Å². The molecule has 0 atom stereocenters. The Kier molecular flexibility index (Phi) is 6.86. The fourth-order valence-corrected chi connectivity index (χ4v) is 1.89. The summed E-state index contributed by atoms with van der Waals surface area (Å²) in [7, 11) is 0. The van der Waals surface area contributed by atoms with Gasteiger partial charge in [0.1, 0.15) is 0 Å². The van der Waals surface area contributed by atoms with E-state index in [2.05, 4.69) is 5.32 Å². The van der Waals surface area contributed by atoms with Gasteiger partial charge in [0.2, 0.25) is 5.91 Å². The molecule has 0 saturated carbocycles. The van der Waals surface area contributed by atoms with Gasteiger partial charge in [0.05, 0.1) is 4.92 Å². The Balaban J connectivity index is 2.29. The molecular weight excluding hydrogens is 276 g/mol. The van der Waals surface area contributed by atoms with E-state index in [0.717, 1.165) is 0 Å². The molecule has 0 bridgehead atoms. The highest BCUT2D eigenvalue weighted by Gasteiger charge is 2.12. The van der Waals surface area contributed by atoms with Crippen LogP contribution in [0.5, 0.6) is 0 Å². The Labute approximate surface area is 122 Å². The van der Waals surface area contributed by atoms with E-state index in [1.54, 1.807) is 18.2 Å². The topological polar surface area (TPSA) is 110 Å². The maximum atomic E-state index is 11.5. The first-order valence-corrected chi connectivity index (χ1v) is 6.71. The fourth-order valence-electron chi connectivity index (χ4n) is 1.89. The number of unbranched alkanes of at least 4 members (excludes halogenated alkanes) is 1. The summed E-state index contributed by atoms with van der Waals surface area (Å²) in [5.74, 6) is -1.04. The van der Waals surface area contributed by atoms with Crippen LogP contribution in [0, 0.1) is 10.1 Å². The zero-order chi connectivity index (χ0) is 15.7. The van der Waals surface area contributed by atoms with Crippen LogP contribution in [0.2, 0.25) is 0 Å². The second kappa shape index (κ2) is 8.68. The van der Waals surface area contributed by atoms with Gasteiger partial charge < -0.3 is 10.4 Å². The first kappa shape index (κ1) is 16.6. The number of hydrogen-bond acceptors (Lipinski definition) is 4. The van der Waals surface area contributed by atoms with Crippen molar-refractivity contribution in [3.05, 3.63) is 39.9 Å². The van der Waals surface area contributed by atoms with E-state index in [1.807, 2.05) is 0 Å². The maximum Gasteiger partial charge on any atom is 0.303 e. The summed E-state index contributed by atoms with van der Waals surface area (Å²) in [6.45, 7) is 0.322. The highest BCUT2D eigenvalue weighted by Crippen LogP contribution is 2.17. The van der Waals surface area contributed by atoms with Gasteiger partial charge in [0, 0.05) is 31.0 Å². The van der Waals surface area contributed by atoms with Crippen LogP contribution in [0.3, 0.4) is 0 Å². The molecule has 0 spiro atoms. The van der Waals surface area contributed by atoms with Gasteiger partial charge in [0.15, 0.2) is 0 Å². The van der Waals surface area contributed by atoms with Crippen molar-refractivity contribution in [2.24, 2.45) is 0 Å². The Bertz CT molecular complexity index is 516. The number of carboxylic acid groups (broad SMARTS) is 1. The minimum atomic E-state index is -0.869. The Morgan fingerprint density at radius 2 is 1.86 bits per heavy atom. The number of aliphatic carboxylic acids is 1. The molecule has 114 valence electrons. The van der Waals surface area contributed by atoms with Gasteiger partial charge in [-0.1, -0.05) is 18.2 Å². The third-order valence-corrected chi connectivity index (χ3v) is 2.95. The highest BCUT2D eigenvalue weighted by atomic mass is 16.6. The minimum Gasteiger partial charge on any atom is -0.481 e. The van der Waals surface area contributed by atoms with Gasteiger partial charge in [-0.15, -0.1) is 0 Å². The molecule has 1 amide bonds. The van der Waals surface area contributed by atoms with Crippen LogP contribution in [0.15, 0.2) is 24.3 Å². The van der Waals surface area contributed by atoms with Crippen molar-refractivity contribution >= 4 is 17.6 Å². The van der Waals surface area contributed by atoms with Crippen LogP contribution in [0.1, 0.15) is 31.2 Å². The largest absolute Gasteiger partial charge is 0.481 e. The Morgan fingerprint density at radius 3 is 2.52 bits per heavy atom. The van der Waals surface area contributed by atoms with Crippen molar-refractivity contribution in [2.75, 3.05) is 6.54 Å². The van der Waals surface area contributed by atoms with Crippen LogP contribution in [-0.2, 0) is 16.0 Å². The molecule has 0 aliphatic heterocycles. The van der Waals surface area contributed by atoms with Gasteiger partial charge in [-0.3, -0.25) is 19.7 Å². The van der Waals surface area contributed by atoms with Gasteiger partial charge in [-0.2, -0.15) is 0 Å². The van der Waals surface area contributed by atoms with Gasteiger partial charge in [0.25, 0.3) is 5.69 Å². The average molecular weight is 294 g/mol. The molecule has 1 aromatic carbocycles. The van der Waals surface area contributed by atoms with Crippen molar-refractivity contribution in [1.29, 1.82) is 0 Å². The first-order chi connectivity index (χ1) is 10.0. The number of carbonyl (C=O) groups is 2. The van der Waals surface area contributed by atoms with E-state index in [9.17, 15) is 19.7 Å². The summed E-state index contributed by atoms with van der Waals surface area (Å²) in [6.07, 6.45) is 1.70. The lowest BCUT2D eigenvalue weighted by atomic mass is 10.1. The third kappa shape index (κ3) is 6.51. The summed E-state index contributed by atoms with van der Waals surface area (Å²) in [5.41, 5.74) is 0.627. The summed E-state index contributed by atoms with van der Waals surface area (Å²) in [5, 5.41) is 22.0. The number of para-hydroxylation sites is 1. The molecule has 0 saturated heterocycles. The quantitative estimate of drug-likeness (QED) is 0.410. The van der Waals surface area contributed by atoms with Crippen LogP contribution in [0.25, 0.3) is 0 Å². The summed E-state index contributed by atoms with van der Waals surface area (Å²) in [6, 6.07) is 6.42. The number of rotatable bonds is 9. The molecular formula is C14H18N2O5.